The molecule has 0 aromatic carbocycles. The van der Waals surface area contributed by atoms with Crippen molar-refractivity contribution in [1.82, 2.24) is 4.98 Å². The number of hydrogen-bond acceptors (Lipinski definition) is 5. The summed E-state index contributed by atoms with van der Waals surface area (Å²) in [7, 11) is -4.51. The number of pyridine rings is 1. The van der Waals surface area contributed by atoms with Crippen LogP contribution in [0.1, 0.15) is 17.6 Å². The van der Waals surface area contributed by atoms with Gasteiger partial charge < -0.3 is 10.5 Å². The molecule has 0 unspecified atom stereocenters. The lowest BCUT2D eigenvalue weighted by Gasteiger charge is -2.15. The summed E-state index contributed by atoms with van der Waals surface area (Å²) in [6, 6.07) is 0.570. The number of primary sulfonamides is 1. The van der Waals surface area contributed by atoms with Crippen molar-refractivity contribution in [1.29, 1.82) is 0 Å². The van der Waals surface area contributed by atoms with Crippen LogP contribution in [0.2, 0.25) is 0 Å². The molecule has 0 saturated heterocycles. The van der Waals surface area contributed by atoms with Gasteiger partial charge in [-0.25, -0.2) is 22.3 Å². The van der Waals surface area contributed by atoms with Gasteiger partial charge in [-0.2, -0.15) is 4.98 Å². The monoisotopic (exact) mass is 321 g/mol. The second kappa shape index (κ2) is 5.46. The molecule has 0 aliphatic heterocycles. The Bertz CT molecular complexity index is 602. The average Bonchev–Trinajstić information content (AvgIpc) is 2.23. The van der Waals surface area contributed by atoms with E-state index in [0.717, 1.165) is 0 Å². The molecule has 1 heterocycles. The molecule has 1 rings (SSSR count). The lowest BCUT2D eigenvalue weighted by atomic mass is 10.1. The molecule has 0 aliphatic rings. The fraction of sp³-hybridized carbons (Fsp3) is 0.375. The number of alkyl halides is 5. The maximum atomic E-state index is 12.8. The van der Waals surface area contributed by atoms with E-state index in [-0.39, 0.29) is 0 Å². The Morgan fingerprint density at radius 1 is 1.35 bits per heavy atom. The topological polar surface area (TPSA) is 108 Å². The quantitative estimate of drug-likeness (QED) is 0.805. The van der Waals surface area contributed by atoms with Crippen LogP contribution in [0.25, 0.3) is 0 Å². The van der Waals surface area contributed by atoms with Crippen molar-refractivity contribution >= 4 is 10.0 Å². The average molecular weight is 321 g/mol. The minimum absolute atomic E-state index is 0.570. The SMILES string of the molecule is NCc1cc(S(N)(=O)=O)nc(OC(F)(F)F)c1C(F)F. The van der Waals surface area contributed by atoms with Crippen LogP contribution < -0.4 is 15.6 Å². The van der Waals surface area contributed by atoms with Crippen molar-refractivity contribution in [3.05, 3.63) is 17.2 Å². The maximum absolute atomic E-state index is 12.8. The third-order valence-electron chi connectivity index (χ3n) is 2.03. The standard InChI is InChI=1S/C8H8F5N3O3S/c9-6(10)5-3(2-14)1-4(20(15,17)18)16-7(5)19-8(11,12)13/h1,6H,2,14H2,(H2,15,17,18). The molecule has 0 atom stereocenters. The molecule has 0 fully saturated rings. The molecule has 0 bridgehead atoms. The zero-order chi connectivity index (χ0) is 15.7. The number of nitrogens with two attached hydrogens (primary N) is 2. The zero-order valence-corrected chi connectivity index (χ0v) is 10.3. The van der Waals surface area contributed by atoms with E-state index in [1.807, 2.05) is 0 Å². The van der Waals surface area contributed by atoms with Gasteiger partial charge in [0.05, 0.1) is 5.56 Å². The van der Waals surface area contributed by atoms with E-state index in [1.54, 1.807) is 0 Å². The van der Waals surface area contributed by atoms with E-state index < -0.39 is 51.4 Å². The lowest BCUT2D eigenvalue weighted by Crippen LogP contribution is -2.22. The van der Waals surface area contributed by atoms with Gasteiger partial charge in [-0.1, -0.05) is 0 Å². The van der Waals surface area contributed by atoms with Gasteiger partial charge in [0.15, 0.2) is 5.03 Å². The second-order valence-electron chi connectivity index (χ2n) is 3.44. The molecular weight excluding hydrogens is 313 g/mol. The van der Waals surface area contributed by atoms with Crippen LogP contribution in [-0.4, -0.2) is 19.8 Å². The predicted molar refractivity (Wildman–Crippen MR) is 55.1 cm³/mol. The van der Waals surface area contributed by atoms with E-state index in [2.05, 4.69) is 14.9 Å². The van der Waals surface area contributed by atoms with Crippen molar-refractivity contribution in [2.75, 3.05) is 0 Å². The number of halogens is 5. The molecule has 12 heteroatoms. The summed E-state index contributed by atoms with van der Waals surface area (Å²) in [4.78, 5) is 2.87. The Morgan fingerprint density at radius 2 is 1.90 bits per heavy atom. The van der Waals surface area contributed by atoms with Crippen LogP contribution >= 0.6 is 0 Å². The highest BCUT2D eigenvalue weighted by Crippen LogP contribution is 2.35. The van der Waals surface area contributed by atoms with Gasteiger partial charge in [0, 0.05) is 6.54 Å². The normalized spacial score (nSPS) is 12.8. The number of hydrogen-bond donors (Lipinski definition) is 2. The van der Waals surface area contributed by atoms with Crippen molar-refractivity contribution in [2.45, 2.75) is 24.4 Å². The number of ether oxygens (including phenoxy) is 1. The van der Waals surface area contributed by atoms with Crippen LogP contribution in [0.3, 0.4) is 0 Å². The summed E-state index contributed by atoms with van der Waals surface area (Å²) < 4.78 is 87.3. The molecule has 0 aliphatic carbocycles. The van der Waals surface area contributed by atoms with Gasteiger partial charge in [0.2, 0.25) is 5.88 Å². The largest absolute Gasteiger partial charge is 0.574 e. The zero-order valence-electron chi connectivity index (χ0n) is 9.49. The molecule has 0 spiro atoms. The first-order valence-electron chi connectivity index (χ1n) is 4.76. The van der Waals surface area contributed by atoms with E-state index in [0.29, 0.717) is 6.07 Å². The van der Waals surface area contributed by atoms with E-state index >= 15 is 0 Å². The molecule has 6 nitrogen and oxygen atoms in total. The van der Waals surface area contributed by atoms with Crippen LogP contribution in [0.4, 0.5) is 22.0 Å². The van der Waals surface area contributed by atoms with Crippen LogP contribution in [-0.2, 0) is 16.6 Å². The highest BCUT2D eigenvalue weighted by molar-refractivity contribution is 7.89. The van der Waals surface area contributed by atoms with Crippen molar-refractivity contribution in [2.24, 2.45) is 10.9 Å². The molecule has 0 amide bonds. The fourth-order valence-electron chi connectivity index (χ4n) is 1.29. The molecule has 114 valence electrons. The summed E-state index contributed by atoms with van der Waals surface area (Å²) >= 11 is 0. The Labute approximate surface area is 109 Å². The molecular formula is C8H8F5N3O3S. The third kappa shape index (κ3) is 3.98. The number of aromatic nitrogens is 1. The van der Waals surface area contributed by atoms with E-state index in [9.17, 15) is 30.4 Å². The second-order valence-corrected chi connectivity index (χ2v) is 4.94. The van der Waals surface area contributed by atoms with E-state index in [1.165, 1.54) is 0 Å². The predicted octanol–water partition coefficient (Wildman–Crippen LogP) is 1.02. The molecule has 0 saturated carbocycles. The van der Waals surface area contributed by atoms with Crippen molar-refractivity contribution in [3.63, 3.8) is 0 Å². The van der Waals surface area contributed by atoms with Gasteiger partial charge in [0.25, 0.3) is 16.4 Å². The highest BCUT2D eigenvalue weighted by atomic mass is 32.2. The summed E-state index contributed by atoms with van der Waals surface area (Å²) in [6.07, 6.45) is -8.73. The van der Waals surface area contributed by atoms with Crippen LogP contribution in [0, 0.1) is 0 Å². The fourth-order valence-corrected chi connectivity index (χ4v) is 1.81. The Morgan fingerprint density at radius 3 is 2.25 bits per heavy atom. The summed E-state index contributed by atoms with van der Waals surface area (Å²) in [5.74, 6) is -1.60. The third-order valence-corrected chi connectivity index (χ3v) is 2.82. The van der Waals surface area contributed by atoms with Gasteiger partial charge in [0.1, 0.15) is 0 Å². The van der Waals surface area contributed by atoms with Gasteiger partial charge >= 0.3 is 6.36 Å². The molecule has 4 N–H and O–H groups in total. The molecule has 1 aromatic rings. The number of sulfonamides is 1. The van der Waals surface area contributed by atoms with Gasteiger partial charge in [-0.3, -0.25) is 0 Å². The maximum Gasteiger partial charge on any atom is 0.574 e. The highest BCUT2D eigenvalue weighted by Gasteiger charge is 2.36. The van der Waals surface area contributed by atoms with Gasteiger partial charge in [-0.05, 0) is 11.6 Å². The number of nitrogens with zero attached hydrogens (tertiary/aromatic N) is 1. The van der Waals surface area contributed by atoms with Crippen LogP contribution in [0.5, 0.6) is 5.88 Å². The van der Waals surface area contributed by atoms with Gasteiger partial charge in [-0.15, -0.1) is 13.2 Å². The minimum atomic E-state index is -5.33. The minimum Gasteiger partial charge on any atom is -0.387 e. The first-order chi connectivity index (χ1) is 8.95. The molecule has 0 radical (unpaired) electrons. The molecule has 20 heavy (non-hydrogen) atoms. The molecule has 1 aromatic heterocycles. The number of rotatable bonds is 4. The van der Waals surface area contributed by atoms with Crippen molar-refractivity contribution < 1.29 is 35.1 Å². The van der Waals surface area contributed by atoms with Crippen molar-refractivity contribution in [3.8, 4) is 5.88 Å². The Balaban J connectivity index is 3.58. The Kier molecular flexibility index (Phi) is 4.51. The Hall–Kier alpha value is -1.53. The summed E-state index contributed by atoms with van der Waals surface area (Å²) in [6.45, 7) is -0.654. The van der Waals surface area contributed by atoms with E-state index in [4.69, 9.17) is 5.73 Å². The lowest BCUT2D eigenvalue weighted by molar-refractivity contribution is -0.276. The first kappa shape index (κ1) is 16.5. The summed E-state index contributed by atoms with van der Waals surface area (Å²) in [5.41, 5.74) is 3.29. The first-order valence-corrected chi connectivity index (χ1v) is 6.31. The smallest absolute Gasteiger partial charge is 0.387 e. The van der Waals surface area contributed by atoms with Crippen LogP contribution in [0.15, 0.2) is 11.1 Å². The summed E-state index contributed by atoms with van der Waals surface area (Å²) in [5, 5.41) is 3.63.